The molecule has 1 N–H and O–H groups in total. The number of nitrogens with zero attached hydrogens (tertiary/aromatic N) is 3. The second kappa shape index (κ2) is 6.47. The van der Waals surface area contributed by atoms with Crippen LogP contribution in [-0.4, -0.2) is 60.8 Å². The van der Waals surface area contributed by atoms with Gasteiger partial charge in [-0.25, -0.2) is 22.7 Å². The Balaban J connectivity index is 1.56. The summed E-state index contributed by atoms with van der Waals surface area (Å²) in [5.41, 5.74) is 0. The van der Waals surface area contributed by atoms with Crippen molar-refractivity contribution in [1.82, 2.24) is 14.3 Å². The summed E-state index contributed by atoms with van der Waals surface area (Å²) in [4.78, 5) is 8.27. The van der Waals surface area contributed by atoms with Gasteiger partial charge in [-0.1, -0.05) is 0 Å². The predicted octanol–water partition coefficient (Wildman–Crippen LogP) is 0.575. The lowest BCUT2D eigenvalue weighted by molar-refractivity contribution is 0.0981. The average Bonchev–Trinajstić information content (AvgIpc) is 2.96. The van der Waals surface area contributed by atoms with Crippen LogP contribution in [0.15, 0.2) is 18.5 Å². The highest BCUT2D eigenvalue weighted by Gasteiger charge is 2.42. The Morgan fingerprint density at radius 1 is 1.41 bits per heavy atom. The molecule has 2 aliphatic heterocycles. The van der Waals surface area contributed by atoms with Crippen LogP contribution in [0.2, 0.25) is 0 Å². The van der Waals surface area contributed by atoms with Gasteiger partial charge in [-0.15, -0.1) is 0 Å². The Labute approximate surface area is 131 Å². The lowest BCUT2D eigenvalue weighted by Crippen LogP contribution is -2.45. The standard InChI is InChI=1S/C14H22N4O3S/c1-2-22(19,20)18-7-4-12-11(9-18)10-21-13(12)8-17-14-15-5-3-6-16-14/h3,5-6,11-13H,2,4,7-10H2,1H3,(H,15,16,17)/t11-,12-,13+/m1/s1. The quantitative estimate of drug-likeness (QED) is 0.852. The SMILES string of the molecule is CCS(=O)(=O)N1CC[C@@H]2[C@@H](CO[C@H]2CNc2ncccn2)C1. The van der Waals surface area contributed by atoms with Crippen molar-refractivity contribution < 1.29 is 13.2 Å². The van der Waals surface area contributed by atoms with Gasteiger partial charge in [0.1, 0.15) is 0 Å². The van der Waals surface area contributed by atoms with Crippen LogP contribution in [0.4, 0.5) is 5.95 Å². The smallest absolute Gasteiger partial charge is 0.222 e. The molecule has 0 unspecified atom stereocenters. The van der Waals surface area contributed by atoms with E-state index in [2.05, 4.69) is 15.3 Å². The van der Waals surface area contributed by atoms with Crippen molar-refractivity contribution in [3.05, 3.63) is 18.5 Å². The number of hydrogen-bond donors (Lipinski definition) is 1. The minimum atomic E-state index is -3.09. The molecule has 1 aromatic rings. The third-order valence-electron chi connectivity index (χ3n) is 4.54. The van der Waals surface area contributed by atoms with Gasteiger partial charge in [0.25, 0.3) is 0 Å². The molecule has 0 spiro atoms. The zero-order valence-corrected chi connectivity index (χ0v) is 13.5. The number of hydrogen-bond acceptors (Lipinski definition) is 6. The van der Waals surface area contributed by atoms with Crippen LogP contribution in [0.25, 0.3) is 0 Å². The molecule has 0 aromatic carbocycles. The van der Waals surface area contributed by atoms with Gasteiger partial charge in [0.2, 0.25) is 16.0 Å². The van der Waals surface area contributed by atoms with E-state index in [0.717, 1.165) is 6.42 Å². The van der Waals surface area contributed by atoms with Gasteiger partial charge in [-0.3, -0.25) is 0 Å². The molecular formula is C14H22N4O3S. The highest BCUT2D eigenvalue weighted by atomic mass is 32.2. The Bertz CT molecular complexity index is 595. The first-order valence-electron chi connectivity index (χ1n) is 7.70. The molecular weight excluding hydrogens is 304 g/mol. The van der Waals surface area contributed by atoms with E-state index < -0.39 is 10.0 Å². The number of rotatable bonds is 5. The van der Waals surface area contributed by atoms with E-state index in [1.54, 1.807) is 29.7 Å². The number of piperidine rings is 1. The van der Waals surface area contributed by atoms with Crippen LogP contribution in [-0.2, 0) is 14.8 Å². The van der Waals surface area contributed by atoms with Gasteiger partial charge in [0.15, 0.2) is 0 Å². The molecule has 0 amide bonds. The number of ether oxygens (including phenoxy) is 1. The van der Waals surface area contributed by atoms with Crippen molar-refractivity contribution in [3.8, 4) is 0 Å². The van der Waals surface area contributed by atoms with Gasteiger partial charge >= 0.3 is 0 Å². The van der Waals surface area contributed by atoms with Gasteiger partial charge in [0, 0.05) is 37.9 Å². The number of nitrogens with one attached hydrogen (secondary N) is 1. The van der Waals surface area contributed by atoms with Crippen molar-refractivity contribution in [3.63, 3.8) is 0 Å². The third kappa shape index (κ3) is 3.23. The first-order valence-corrected chi connectivity index (χ1v) is 9.31. The first kappa shape index (κ1) is 15.6. The van der Waals surface area contributed by atoms with Gasteiger partial charge < -0.3 is 10.1 Å². The zero-order valence-electron chi connectivity index (χ0n) is 12.7. The van der Waals surface area contributed by atoms with Crippen LogP contribution in [0, 0.1) is 11.8 Å². The summed E-state index contributed by atoms with van der Waals surface area (Å²) in [5, 5.41) is 3.19. The molecule has 0 bridgehead atoms. The Kier molecular flexibility index (Phi) is 4.60. The van der Waals surface area contributed by atoms with Crippen molar-refractivity contribution in [1.29, 1.82) is 0 Å². The number of fused-ring (bicyclic) bond motifs is 1. The molecule has 22 heavy (non-hydrogen) atoms. The molecule has 0 radical (unpaired) electrons. The highest BCUT2D eigenvalue weighted by molar-refractivity contribution is 7.89. The fourth-order valence-corrected chi connectivity index (χ4v) is 4.45. The largest absolute Gasteiger partial charge is 0.376 e. The maximum absolute atomic E-state index is 12.0. The number of aromatic nitrogens is 2. The Hall–Kier alpha value is -1.25. The summed E-state index contributed by atoms with van der Waals surface area (Å²) in [5.74, 6) is 1.46. The summed E-state index contributed by atoms with van der Waals surface area (Å²) >= 11 is 0. The van der Waals surface area contributed by atoms with E-state index in [1.807, 2.05) is 0 Å². The minimum absolute atomic E-state index is 0.0975. The monoisotopic (exact) mass is 326 g/mol. The van der Waals surface area contributed by atoms with Gasteiger partial charge in [0.05, 0.1) is 18.5 Å². The molecule has 0 aliphatic carbocycles. The van der Waals surface area contributed by atoms with Crippen molar-refractivity contribution >= 4 is 16.0 Å². The van der Waals surface area contributed by atoms with Gasteiger partial charge in [-0.2, -0.15) is 0 Å². The lowest BCUT2D eigenvalue weighted by Gasteiger charge is -2.34. The topological polar surface area (TPSA) is 84.4 Å². The normalized spacial score (nSPS) is 29.2. The van der Waals surface area contributed by atoms with Crippen LogP contribution >= 0.6 is 0 Å². The van der Waals surface area contributed by atoms with Crippen molar-refractivity contribution in [2.45, 2.75) is 19.4 Å². The summed E-state index contributed by atoms with van der Waals surface area (Å²) in [6, 6.07) is 1.77. The minimum Gasteiger partial charge on any atom is -0.376 e. The molecule has 3 atom stereocenters. The highest BCUT2D eigenvalue weighted by Crippen LogP contribution is 2.35. The van der Waals surface area contributed by atoms with Crippen LogP contribution in [0.3, 0.4) is 0 Å². The molecule has 3 rings (SSSR count). The molecule has 2 fully saturated rings. The first-order chi connectivity index (χ1) is 10.6. The molecule has 0 saturated carbocycles. The van der Waals surface area contributed by atoms with Crippen LogP contribution in [0.1, 0.15) is 13.3 Å². The lowest BCUT2D eigenvalue weighted by atomic mass is 9.85. The summed E-state index contributed by atoms with van der Waals surface area (Å²) in [6.45, 7) is 4.16. The molecule has 3 heterocycles. The maximum atomic E-state index is 12.0. The van der Waals surface area contributed by atoms with Crippen molar-refractivity contribution in [2.24, 2.45) is 11.8 Å². The predicted molar refractivity (Wildman–Crippen MR) is 82.9 cm³/mol. The fourth-order valence-electron chi connectivity index (χ4n) is 3.28. The second-order valence-corrected chi connectivity index (χ2v) is 8.05. The fraction of sp³-hybridized carbons (Fsp3) is 0.714. The summed E-state index contributed by atoms with van der Waals surface area (Å²) in [7, 11) is -3.09. The molecule has 2 saturated heterocycles. The zero-order chi connectivity index (χ0) is 15.6. The van der Waals surface area contributed by atoms with E-state index >= 15 is 0 Å². The van der Waals surface area contributed by atoms with Crippen LogP contribution in [0.5, 0.6) is 0 Å². The maximum Gasteiger partial charge on any atom is 0.222 e. The molecule has 7 nitrogen and oxygen atoms in total. The summed E-state index contributed by atoms with van der Waals surface area (Å²) in [6.07, 6.45) is 4.34. The van der Waals surface area contributed by atoms with E-state index in [4.69, 9.17) is 4.74 Å². The molecule has 8 heteroatoms. The second-order valence-electron chi connectivity index (χ2n) is 5.80. The summed E-state index contributed by atoms with van der Waals surface area (Å²) < 4.78 is 31.5. The average molecular weight is 326 g/mol. The number of anilines is 1. The molecule has 122 valence electrons. The van der Waals surface area contributed by atoms with E-state index in [9.17, 15) is 8.42 Å². The van der Waals surface area contributed by atoms with Crippen molar-refractivity contribution in [2.75, 3.05) is 37.3 Å². The van der Waals surface area contributed by atoms with E-state index in [1.165, 1.54) is 0 Å². The van der Waals surface area contributed by atoms with Gasteiger partial charge in [-0.05, 0) is 25.3 Å². The number of sulfonamides is 1. The third-order valence-corrected chi connectivity index (χ3v) is 6.39. The molecule has 1 aromatic heterocycles. The van der Waals surface area contributed by atoms with E-state index in [0.29, 0.717) is 44.0 Å². The molecule has 2 aliphatic rings. The Morgan fingerprint density at radius 2 is 2.18 bits per heavy atom. The van der Waals surface area contributed by atoms with Crippen LogP contribution < -0.4 is 5.32 Å². The Morgan fingerprint density at radius 3 is 2.91 bits per heavy atom. The van der Waals surface area contributed by atoms with E-state index in [-0.39, 0.29) is 11.9 Å².